The lowest BCUT2D eigenvalue weighted by Crippen LogP contribution is -2.58. The lowest BCUT2D eigenvalue weighted by molar-refractivity contribution is -0.170. The van der Waals surface area contributed by atoms with Gasteiger partial charge in [-0.25, -0.2) is 0 Å². The molecular formula is C21H33F3N2O3. The summed E-state index contributed by atoms with van der Waals surface area (Å²) in [5.74, 6) is -0.880. The van der Waals surface area contributed by atoms with Gasteiger partial charge in [0, 0.05) is 18.8 Å². The van der Waals surface area contributed by atoms with E-state index in [-0.39, 0.29) is 12.5 Å². The fraction of sp³-hybridized carbons (Fsp3) is 0.857. The number of nitrogens with zero attached hydrogens (tertiary/aromatic N) is 2. The van der Waals surface area contributed by atoms with Crippen molar-refractivity contribution in [1.29, 1.82) is 0 Å². The molecule has 1 aliphatic carbocycles. The highest BCUT2D eigenvalue weighted by molar-refractivity contribution is 5.95. The number of rotatable bonds is 6. The molecule has 5 nitrogen and oxygen atoms in total. The lowest BCUT2D eigenvalue weighted by Gasteiger charge is -2.43. The Morgan fingerprint density at radius 1 is 1.21 bits per heavy atom. The zero-order valence-electron chi connectivity index (χ0n) is 18.0. The van der Waals surface area contributed by atoms with Crippen molar-refractivity contribution >= 4 is 17.6 Å². The Kier molecular flexibility index (Phi) is 7.38. The number of carbonyl (C=O) groups is 2. The molecule has 0 radical (unpaired) electrons. The Hall–Kier alpha value is -1.60. The molecule has 0 aromatic heterocycles. The summed E-state index contributed by atoms with van der Waals surface area (Å²) >= 11 is 0. The molecule has 0 spiro atoms. The summed E-state index contributed by atoms with van der Waals surface area (Å²) in [4.78, 5) is 30.9. The average Bonchev–Trinajstić information content (AvgIpc) is 3.40. The van der Waals surface area contributed by atoms with E-state index in [1.165, 1.54) is 4.90 Å². The molecular weight excluding hydrogens is 385 g/mol. The van der Waals surface area contributed by atoms with Crippen LogP contribution in [0, 0.1) is 17.3 Å². The van der Waals surface area contributed by atoms with E-state index in [2.05, 4.69) is 0 Å². The van der Waals surface area contributed by atoms with Gasteiger partial charge in [0.1, 0.15) is 18.6 Å². The quantitative estimate of drug-likeness (QED) is 0.601. The minimum absolute atomic E-state index is 0.0481. The van der Waals surface area contributed by atoms with Crippen LogP contribution in [0.2, 0.25) is 0 Å². The molecule has 29 heavy (non-hydrogen) atoms. The molecule has 8 heteroatoms. The summed E-state index contributed by atoms with van der Waals surface area (Å²) in [7, 11) is 0. The number of amides is 1. The van der Waals surface area contributed by atoms with Crippen LogP contribution in [0.3, 0.4) is 0 Å². The number of halogens is 3. The van der Waals surface area contributed by atoms with Crippen LogP contribution >= 0.6 is 0 Å². The van der Waals surface area contributed by atoms with Gasteiger partial charge in [0.05, 0.1) is 5.41 Å². The molecule has 0 aromatic rings. The Bertz CT molecular complexity index is 636. The molecule has 2 rings (SSSR count). The van der Waals surface area contributed by atoms with Crippen LogP contribution in [0.4, 0.5) is 13.2 Å². The van der Waals surface area contributed by atoms with Gasteiger partial charge >= 0.3 is 12.1 Å². The predicted octanol–water partition coefficient (Wildman–Crippen LogP) is 4.39. The van der Waals surface area contributed by atoms with Gasteiger partial charge in [-0.05, 0) is 58.8 Å². The van der Waals surface area contributed by atoms with Crippen molar-refractivity contribution in [2.45, 2.75) is 85.0 Å². The van der Waals surface area contributed by atoms with Crippen molar-refractivity contribution in [2.75, 3.05) is 13.1 Å². The first-order valence-electron chi connectivity index (χ1n) is 10.4. The number of carbonyl (C=O) groups excluding carboxylic acids is 2. The number of piperidine rings is 1. The second-order valence-electron chi connectivity index (χ2n) is 9.40. The van der Waals surface area contributed by atoms with Crippen LogP contribution in [-0.2, 0) is 14.3 Å². The Labute approximate surface area is 171 Å². The molecule has 3 atom stereocenters. The molecule has 1 saturated heterocycles. The highest BCUT2D eigenvalue weighted by Gasteiger charge is 2.44. The highest BCUT2D eigenvalue weighted by Crippen LogP contribution is 2.32. The van der Waals surface area contributed by atoms with E-state index < -0.39 is 42.0 Å². The molecule has 166 valence electrons. The van der Waals surface area contributed by atoms with Gasteiger partial charge in [-0.15, -0.1) is 0 Å². The molecule has 1 heterocycles. The normalized spacial score (nSPS) is 25.8. The van der Waals surface area contributed by atoms with E-state index >= 15 is 0 Å². The van der Waals surface area contributed by atoms with Crippen molar-refractivity contribution in [1.82, 2.24) is 4.90 Å². The molecule has 0 aromatic carbocycles. The first-order valence-corrected chi connectivity index (χ1v) is 10.4. The predicted molar refractivity (Wildman–Crippen MR) is 105 cm³/mol. The van der Waals surface area contributed by atoms with Crippen LogP contribution in [-0.4, -0.2) is 53.9 Å². The number of aliphatic imine (C=N–C) groups is 1. The van der Waals surface area contributed by atoms with E-state index in [1.807, 2.05) is 6.92 Å². The summed E-state index contributed by atoms with van der Waals surface area (Å²) in [5.41, 5.74) is -0.0687. The van der Waals surface area contributed by atoms with Crippen molar-refractivity contribution in [3.05, 3.63) is 0 Å². The molecule has 2 fully saturated rings. The van der Waals surface area contributed by atoms with Gasteiger partial charge in [0.25, 0.3) is 0 Å². The summed E-state index contributed by atoms with van der Waals surface area (Å²) in [6, 6.07) is -0.752. The third-order valence-electron chi connectivity index (χ3n) is 5.48. The number of likely N-dealkylation sites (tertiary alicyclic amines) is 1. The topological polar surface area (TPSA) is 59.0 Å². The van der Waals surface area contributed by atoms with Crippen LogP contribution in [0.1, 0.15) is 66.7 Å². The fourth-order valence-electron chi connectivity index (χ4n) is 3.50. The zero-order chi connectivity index (χ0) is 22.0. The third kappa shape index (κ3) is 7.00. The first kappa shape index (κ1) is 23.7. The minimum atomic E-state index is -4.59. The second-order valence-corrected chi connectivity index (χ2v) is 9.40. The lowest BCUT2D eigenvalue weighted by atomic mass is 9.86. The van der Waals surface area contributed by atoms with E-state index in [9.17, 15) is 22.8 Å². The standard InChI is InChI=1S/C21H33F3N2O3/c1-6-14-9-16(25-11-15-7-8-15)18(13(2)29-19(28)20(3,4)5)26(12-14)17(27)10-21(22,23)24/h13-15,18H,6-12H2,1-5H3/t13-,14?,18?/m0/s1. The molecule has 1 aliphatic heterocycles. The molecule has 0 N–H and O–H groups in total. The number of hydrogen-bond acceptors (Lipinski definition) is 4. The van der Waals surface area contributed by atoms with E-state index in [1.54, 1.807) is 27.7 Å². The second kappa shape index (κ2) is 9.04. The maximum absolute atomic E-state index is 12.9. The number of alkyl halides is 3. The van der Waals surface area contributed by atoms with Gasteiger partial charge in [-0.1, -0.05) is 13.3 Å². The molecule has 0 bridgehead atoms. The third-order valence-corrected chi connectivity index (χ3v) is 5.48. The maximum Gasteiger partial charge on any atom is 0.397 e. The Balaban J connectivity index is 2.32. The van der Waals surface area contributed by atoms with Gasteiger partial charge in [-0.2, -0.15) is 13.2 Å². The summed E-state index contributed by atoms with van der Waals surface area (Å²) < 4.78 is 44.4. The molecule has 2 aliphatic rings. The minimum Gasteiger partial charge on any atom is -0.460 e. The van der Waals surface area contributed by atoms with Crippen LogP contribution < -0.4 is 0 Å². The Morgan fingerprint density at radius 2 is 1.83 bits per heavy atom. The van der Waals surface area contributed by atoms with Crippen LogP contribution in [0.15, 0.2) is 4.99 Å². The highest BCUT2D eigenvalue weighted by atomic mass is 19.4. The zero-order valence-corrected chi connectivity index (χ0v) is 18.0. The Morgan fingerprint density at radius 3 is 2.31 bits per heavy atom. The van der Waals surface area contributed by atoms with Crippen LogP contribution in [0.5, 0.6) is 0 Å². The molecule has 1 saturated carbocycles. The van der Waals surface area contributed by atoms with Crippen molar-refractivity contribution in [2.24, 2.45) is 22.2 Å². The molecule has 2 unspecified atom stereocenters. The van der Waals surface area contributed by atoms with Gasteiger partial charge in [-0.3, -0.25) is 14.6 Å². The number of esters is 1. The maximum atomic E-state index is 12.9. The van der Waals surface area contributed by atoms with Crippen molar-refractivity contribution in [3.63, 3.8) is 0 Å². The SMILES string of the molecule is CCC1CC(=NCC2CC2)C([C@H](C)OC(=O)C(C)(C)C)N(C(=O)CC(F)(F)F)C1. The first-order chi connectivity index (χ1) is 13.3. The van der Waals surface area contributed by atoms with Gasteiger partial charge in [0.2, 0.25) is 5.91 Å². The smallest absolute Gasteiger partial charge is 0.397 e. The number of hydrogen-bond donors (Lipinski definition) is 0. The largest absolute Gasteiger partial charge is 0.460 e. The summed E-state index contributed by atoms with van der Waals surface area (Å²) in [6.45, 7) is 9.57. The van der Waals surface area contributed by atoms with Gasteiger partial charge in [0.15, 0.2) is 0 Å². The van der Waals surface area contributed by atoms with E-state index in [4.69, 9.17) is 9.73 Å². The van der Waals surface area contributed by atoms with Crippen LogP contribution in [0.25, 0.3) is 0 Å². The van der Waals surface area contributed by atoms with E-state index in [0.29, 0.717) is 24.6 Å². The van der Waals surface area contributed by atoms with Crippen molar-refractivity contribution in [3.8, 4) is 0 Å². The van der Waals surface area contributed by atoms with Gasteiger partial charge < -0.3 is 9.64 Å². The molecule has 1 amide bonds. The fourth-order valence-corrected chi connectivity index (χ4v) is 3.50. The van der Waals surface area contributed by atoms with Crippen molar-refractivity contribution < 1.29 is 27.5 Å². The summed E-state index contributed by atoms with van der Waals surface area (Å²) in [5, 5.41) is 0. The average molecular weight is 419 g/mol. The number of ether oxygens (including phenoxy) is 1. The summed E-state index contributed by atoms with van der Waals surface area (Å²) in [6.07, 6.45) is -3.32. The monoisotopic (exact) mass is 418 g/mol. The van der Waals surface area contributed by atoms with E-state index in [0.717, 1.165) is 19.3 Å².